The Balaban J connectivity index is 2.67. The summed E-state index contributed by atoms with van der Waals surface area (Å²) in [5.41, 5.74) is 2.35. The Bertz CT molecular complexity index is 571. The van der Waals surface area contributed by atoms with E-state index in [1.165, 1.54) is 0 Å². The van der Waals surface area contributed by atoms with Gasteiger partial charge in [0.05, 0.1) is 5.69 Å². The maximum Gasteiger partial charge on any atom is 0.339 e. The fraction of sp³-hybridized carbons (Fsp3) is 0.286. The van der Waals surface area contributed by atoms with Crippen LogP contribution < -0.4 is 0 Å². The van der Waals surface area contributed by atoms with Gasteiger partial charge >= 0.3 is 5.97 Å². The lowest BCUT2D eigenvalue weighted by Gasteiger charge is -2.07. The maximum atomic E-state index is 11.4. The highest BCUT2D eigenvalue weighted by Crippen LogP contribution is 2.26. The summed E-state index contributed by atoms with van der Waals surface area (Å²) in [7, 11) is 0. The second-order valence-corrected chi connectivity index (χ2v) is 4.52. The monoisotopic (exact) mass is 244 g/mol. The van der Waals surface area contributed by atoms with Crippen molar-refractivity contribution >= 4 is 5.97 Å². The molecule has 0 aliphatic heterocycles. The molecule has 0 saturated carbocycles. The average Bonchev–Trinajstić information content (AvgIpc) is 2.68. The fourth-order valence-electron chi connectivity index (χ4n) is 2.08. The van der Waals surface area contributed by atoms with E-state index in [1.807, 2.05) is 44.2 Å². The molecule has 2 rings (SSSR count). The van der Waals surface area contributed by atoms with Crippen LogP contribution in [-0.2, 0) is 0 Å². The van der Waals surface area contributed by atoms with Gasteiger partial charge in [-0.05, 0) is 20.8 Å². The van der Waals surface area contributed by atoms with Crippen molar-refractivity contribution in [2.45, 2.75) is 26.8 Å². The van der Waals surface area contributed by atoms with Gasteiger partial charge in [0.15, 0.2) is 0 Å². The minimum atomic E-state index is -0.932. The minimum absolute atomic E-state index is 0.139. The van der Waals surface area contributed by atoms with Gasteiger partial charge in [-0.3, -0.25) is 4.68 Å². The van der Waals surface area contributed by atoms with Crippen molar-refractivity contribution in [1.29, 1.82) is 0 Å². The van der Waals surface area contributed by atoms with Crippen molar-refractivity contribution in [3.8, 4) is 11.3 Å². The number of hydrogen-bond donors (Lipinski definition) is 1. The second kappa shape index (κ2) is 4.64. The zero-order valence-electron chi connectivity index (χ0n) is 10.7. The summed E-state index contributed by atoms with van der Waals surface area (Å²) in [6.45, 7) is 5.77. The molecule has 0 atom stereocenters. The molecule has 4 heteroatoms. The summed E-state index contributed by atoms with van der Waals surface area (Å²) in [5, 5.41) is 13.8. The van der Waals surface area contributed by atoms with E-state index < -0.39 is 5.97 Å². The highest BCUT2D eigenvalue weighted by atomic mass is 16.4. The van der Waals surface area contributed by atoms with E-state index in [1.54, 1.807) is 11.6 Å². The Morgan fingerprint density at radius 2 is 1.89 bits per heavy atom. The number of rotatable bonds is 3. The summed E-state index contributed by atoms with van der Waals surface area (Å²) in [4.78, 5) is 11.4. The standard InChI is InChI=1S/C14H16N2O2/c1-9(2)16-10(3)12(14(17)18)13(15-16)11-7-5-4-6-8-11/h4-9H,1-3H3,(H,17,18). The number of nitrogens with zero attached hydrogens (tertiary/aromatic N) is 2. The number of carboxylic acids is 1. The third-order valence-electron chi connectivity index (χ3n) is 2.90. The molecule has 1 N–H and O–H groups in total. The first-order chi connectivity index (χ1) is 8.52. The van der Waals surface area contributed by atoms with Gasteiger partial charge in [0, 0.05) is 11.6 Å². The van der Waals surface area contributed by atoms with E-state index in [0.29, 0.717) is 11.4 Å². The van der Waals surface area contributed by atoms with Gasteiger partial charge in [0.25, 0.3) is 0 Å². The Morgan fingerprint density at radius 3 is 2.39 bits per heavy atom. The molecule has 0 aliphatic carbocycles. The molecule has 0 aliphatic rings. The van der Waals surface area contributed by atoms with Crippen molar-refractivity contribution in [2.75, 3.05) is 0 Å². The van der Waals surface area contributed by atoms with E-state index >= 15 is 0 Å². The topological polar surface area (TPSA) is 55.1 Å². The van der Waals surface area contributed by atoms with Crippen LogP contribution in [0.15, 0.2) is 30.3 Å². The van der Waals surface area contributed by atoms with Gasteiger partial charge in [0.2, 0.25) is 0 Å². The van der Waals surface area contributed by atoms with Crippen LogP contribution in [0.1, 0.15) is 35.9 Å². The number of hydrogen-bond acceptors (Lipinski definition) is 2. The third-order valence-corrected chi connectivity index (χ3v) is 2.90. The molecule has 0 fully saturated rings. The van der Waals surface area contributed by atoms with E-state index in [2.05, 4.69) is 5.10 Å². The summed E-state index contributed by atoms with van der Waals surface area (Å²) < 4.78 is 1.76. The second-order valence-electron chi connectivity index (χ2n) is 4.52. The maximum absolute atomic E-state index is 11.4. The predicted octanol–water partition coefficient (Wildman–Crippen LogP) is 3.14. The molecule has 0 saturated heterocycles. The summed E-state index contributed by atoms with van der Waals surface area (Å²) in [5.74, 6) is -0.932. The van der Waals surface area contributed by atoms with Crippen LogP contribution in [0.2, 0.25) is 0 Å². The highest BCUT2D eigenvalue weighted by Gasteiger charge is 2.22. The Labute approximate surface area is 106 Å². The molecule has 4 nitrogen and oxygen atoms in total. The van der Waals surface area contributed by atoms with E-state index in [9.17, 15) is 9.90 Å². The number of aromatic nitrogens is 2. The Kier molecular flexibility index (Phi) is 3.19. The first-order valence-corrected chi connectivity index (χ1v) is 5.90. The van der Waals surface area contributed by atoms with Crippen molar-refractivity contribution in [2.24, 2.45) is 0 Å². The number of aromatic carboxylic acids is 1. The van der Waals surface area contributed by atoms with Crippen molar-refractivity contribution in [3.63, 3.8) is 0 Å². The molecule has 2 aromatic rings. The van der Waals surface area contributed by atoms with Crippen LogP contribution in [-0.4, -0.2) is 20.9 Å². The molecule has 0 amide bonds. The molecule has 0 unspecified atom stereocenters. The van der Waals surface area contributed by atoms with Crippen molar-refractivity contribution in [1.82, 2.24) is 9.78 Å². The molecule has 0 spiro atoms. The van der Waals surface area contributed by atoms with Crippen molar-refractivity contribution < 1.29 is 9.90 Å². The van der Waals surface area contributed by atoms with Crippen LogP contribution in [0.5, 0.6) is 0 Å². The Morgan fingerprint density at radius 1 is 1.28 bits per heavy atom. The number of benzene rings is 1. The molecular weight excluding hydrogens is 228 g/mol. The van der Waals surface area contributed by atoms with Gasteiger partial charge in [-0.1, -0.05) is 30.3 Å². The zero-order valence-corrected chi connectivity index (χ0v) is 10.7. The fourth-order valence-corrected chi connectivity index (χ4v) is 2.08. The lowest BCUT2D eigenvalue weighted by atomic mass is 10.1. The smallest absolute Gasteiger partial charge is 0.339 e. The molecular formula is C14H16N2O2. The van der Waals surface area contributed by atoms with Crippen LogP contribution in [0.4, 0.5) is 0 Å². The lowest BCUT2D eigenvalue weighted by molar-refractivity contribution is 0.0696. The van der Waals surface area contributed by atoms with Gasteiger partial charge in [-0.15, -0.1) is 0 Å². The molecule has 94 valence electrons. The summed E-state index contributed by atoms with van der Waals surface area (Å²) in [6, 6.07) is 9.55. The highest BCUT2D eigenvalue weighted by molar-refractivity contribution is 5.96. The molecule has 0 bridgehead atoms. The van der Waals surface area contributed by atoms with E-state index in [4.69, 9.17) is 0 Å². The third kappa shape index (κ3) is 2.01. The number of carbonyl (C=O) groups is 1. The zero-order chi connectivity index (χ0) is 13.3. The lowest BCUT2D eigenvalue weighted by Crippen LogP contribution is -2.06. The Hall–Kier alpha value is -2.10. The van der Waals surface area contributed by atoms with Crippen LogP contribution >= 0.6 is 0 Å². The van der Waals surface area contributed by atoms with Gasteiger partial charge < -0.3 is 5.11 Å². The predicted molar refractivity (Wildman–Crippen MR) is 69.7 cm³/mol. The van der Waals surface area contributed by atoms with Gasteiger partial charge in [-0.25, -0.2) is 4.79 Å². The van der Waals surface area contributed by atoms with E-state index in [-0.39, 0.29) is 11.6 Å². The van der Waals surface area contributed by atoms with Crippen molar-refractivity contribution in [3.05, 3.63) is 41.6 Å². The summed E-state index contributed by atoms with van der Waals surface area (Å²) >= 11 is 0. The van der Waals surface area contributed by atoms with Gasteiger partial charge in [-0.2, -0.15) is 5.10 Å². The number of carboxylic acid groups (broad SMARTS) is 1. The first kappa shape index (κ1) is 12.4. The molecule has 0 radical (unpaired) electrons. The quantitative estimate of drug-likeness (QED) is 0.902. The van der Waals surface area contributed by atoms with Crippen LogP contribution in [0.25, 0.3) is 11.3 Å². The average molecular weight is 244 g/mol. The van der Waals surface area contributed by atoms with Gasteiger partial charge in [0.1, 0.15) is 11.3 Å². The van der Waals surface area contributed by atoms with E-state index in [0.717, 1.165) is 5.56 Å². The van der Waals surface area contributed by atoms with Crippen LogP contribution in [0, 0.1) is 6.92 Å². The molecule has 1 aromatic carbocycles. The first-order valence-electron chi connectivity index (χ1n) is 5.90. The summed E-state index contributed by atoms with van der Waals surface area (Å²) in [6.07, 6.45) is 0. The minimum Gasteiger partial charge on any atom is -0.478 e. The SMILES string of the molecule is Cc1c(C(=O)O)c(-c2ccccc2)nn1C(C)C. The molecule has 18 heavy (non-hydrogen) atoms. The molecule has 1 heterocycles. The normalized spacial score (nSPS) is 10.9. The molecule has 1 aromatic heterocycles. The van der Waals surface area contributed by atoms with Crippen LogP contribution in [0.3, 0.4) is 0 Å². The largest absolute Gasteiger partial charge is 0.478 e.